The number of carbonyl (C=O) groups is 1. The summed E-state index contributed by atoms with van der Waals surface area (Å²) in [6.07, 6.45) is 0. The maximum Gasteiger partial charge on any atom is 0.319 e. The molecule has 0 aromatic heterocycles. The fourth-order valence-corrected chi connectivity index (χ4v) is 1.75. The van der Waals surface area contributed by atoms with Gasteiger partial charge in [-0.2, -0.15) is 0 Å². The molecule has 3 N–H and O–H groups in total. The Bertz CT molecular complexity index is 437. The van der Waals surface area contributed by atoms with Crippen LogP contribution in [0.4, 0.5) is 16.2 Å². The highest BCUT2D eigenvalue weighted by Crippen LogP contribution is 2.24. The van der Waals surface area contributed by atoms with E-state index in [9.17, 15) is 4.79 Å². The van der Waals surface area contributed by atoms with Gasteiger partial charge in [-0.3, -0.25) is 0 Å². The molecule has 0 heterocycles. The van der Waals surface area contributed by atoms with Crippen LogP contribution in [-0.4, -0.2) is 37.4 Å². The van der Waals surface area contributed by atoms with E-state index in [1.807, 2.05) is 45.2 Å². The molecule has 112 valence electrons. The van der Waals surface area contributed by atoms with Gasteiger partial charge in [0.1, 0.15) is 0 Å². The third kappa shape index (κ3) is 4.42. The number of aliphatic hydroxyl groups is 1. The minimum atomic E-state index is -0.255. The topological polar surface area (TPSA) is 64.6 Å². The number of hydrogen-bond donors (Lipinski definition) is 3. The summed E-state index contributed by atoms with van der Waals surface area (Å²) in [7, 11) is 1.98. The van der Waals surface area contributed by atoms with Crippen molar-refractivity contribution in [2.24, 2.45) is 5.92 Å². The molecule has 0 aliphatic rings. The second kappa shape index (κ2) is 7.75. The summed E-state index contributed by atoms with van der Waals surface area (Å²) in [5, 5.41) is 14.8. The molecule has 1 aromatic rings. The second-order valence-electron chi connectivity index (χ2n) is 5.08. The van der Waals surface area contributed by atoms with E-state index in [1.165, 1.54) is 0 Å². The van der Waals surface area contributed by atoms with E-state index in [0.29, 0.717) is 0 Å². The molecule has 2 unspecified atom stereocenters. The van der Waals surface area contributed by atoms with Gasteiger partial charge in [-0.1, -0.05) is 19.1 Å². The van der Waals surface area contributed by atoms with Crippen molar-refractivity contribution in [2.45, 2.75) is 26.8 Å². The summed E-state index contributed by atoms with van der Waals surface area (Å²) < 4.78 is 0. The molecule has 0 saturated carbocycles. The van der Waals surface area contributed by atoms with Crippen molar-refractivity contribution in [1.82, 2.24) is 5.32 Å². The lowest BCUT2D eigenvalue weighted by molar-refractivity contribution is 0.204. The lowest BCUT2D eigenvalue weighted by Crippen LogP contribution is -2.41. The Hall–Kier alpha value is -1.75. The SMILES string of the molecule is CCN(C)c1ccccc1NC(=O)NC(C)C(C)CO. The number of nitrogens with one attached hydrogen (secondary N) is 2. The molecular weight excluding hydrogens is 254 g/mol. The minimum Gasteiger partial charge on any atom is -0.396 e. The summed E-state index contributed by atoms with van der Waals surface area (Å²) in [6.45, 7) is 6.74. The van der Waals surface area contributed by atoms with Crippen LogP contribution >= 0.6 is 0 Å². The van der Waals surface area contributed by atoms with E-state index in [-0.39, 0.29) is 24.6 Å². The average molecular weight is 279 g/mol. The maximum absolute atomic E-state index is 12.0. The molecule has 5 nitrogen and oxygen atoms in total. The zero-order valence-electron chi connectivity index (χ0n) is 12.7. The standard InChI is InChI=1S/C15H25N3O2/c1-5-18(4)14-9-7-6-8-13(14)17-15(20)16-12(3)11(2)10-19/h6-9,11-12,19H,5,10H2,1-4H3,(H2,16,17,20). The van der Waals surface area contributed by atoms with E-state index < -0.39 is 0 Å². The van der Waals surface area contributed by atoms with Gasteiger partial charge < -0.3 is 20.6 Å². The smallest absolute Gasteiger partial charge is 0.319 e. The normalized spacial score (nSPS) is 13.4. The van der Waals surface area contributed by atoms with Gasteiger partial charge in [0.25, 0.3) is 0 Å². The van der Waals surface area contributed by atoms with Gasteiger partial charge in [0.15, 0.2) is 0 Å². The monoisotopic (exact) mass is 279 g/mol. The zero-order valence-corrected chi connectivity index (χ0v) is 12.7. The Labute approximate surface area is 121 Å². The van der Waals surface area contributed by atoms with E-state index in [2.05, 4.69) is 22.5 Å². The molecule has 5 heteroatoms. The van der Waals surface area contributed by atoms with Crippen molar-refractivity contribution in [3.63, 3.8) is 0 Å². The molecule has 0 spiro atoms. The van der Waals surface area contributed by atoms with Crippen LogP contribution in [0.15, 0.2) is 24.3 Å². The number of hydrogen-bond acceptors (Lipinski definition) is 3. The maximum atomic E-state index is 12.0. The third-order valence-corrected chi connectivity index (χ3v) is 3.54. The number of benzene rings is 1. The Kier molecular flexibility index (Phi) is 6.31. The number of anilines is 2. The van der Waals surface area contributed by atoms with Crippen molar-refractivity contribution in [2.75, 3.05) is 30.4 Å². The minimum absolute atomic E-state index is 0.0225. The molecule has 1 rings (SSSR count). The number of nitrogens with zero attached hydrogens (tertiary/aromatic N) is 1. The first-order chi connectivity index (χ1) is 9.49. The van der Waals surface area contributed by atoms with Crippen LogP contribution in [0.3, 0.4) is 0 Å². The largest absolute Gasteiger partial charge is 0.396 e. The fraction of sp³-hybridized carbons (Fsp3) is 0.533. The molecule has 20 heavy (non-hydrogen) atoms. The number of urea groups is 1. The van der Waals surface area contributed by atoms with Crippen molar-refractivity contribution < 1.29 is 9.90 Å². The summed E-state index contributed by atoms with van der Waals surface area (Å²) in [5.74, 6) is 0.0225. The highest BCUT2D eigenvalue weighted by molar-refractivity contribution is 5.93. The van der Waals surface area contributed by atoms with Crippen LogP contribution in [-0.2, 0) is 0 Å². The molecule has 0 aliphatic heterocycles. The van der Waals surface area contributed by atoms with Crippen molar-refractivity contribution in [3.05, 3.63) is 24.3 Å². The summed E-state index contributed by atoms with van der Waals surface area (Å²) in [4.78, 5) is 14.0. The molecule has 0 radical (unpaired) electrons. The molecule has 1 aromatic carbocycles. The van der Waals surface area contributed by atoms with Gasteiger partial charge in [-0.25, -0.2) is 4.79 Å². The number of rotatable bonds is 6. The lowest BCUT2D eigenvalue weighted by atomic mass is 10.1. The van der Waals surface area contributed by atoms with E-state index in [0.717, 1.165) is 17.9 Å². The van der Waals surface area contributed by atoms with Crippen molar-refractivity contribution in [3.8, 4) is 0 Å². The Morgan fingerprint density at radius 1 is 1.35 bits per heavy atom. The van der Waals surface area contributed by atoms with Crippen LogP contribution < -0.4 is 15.5 Å². The van der Waals surface area contributed by atoms with Crippen LogP contribution in [0.5, 0.6) is 0 Å². The predicted molar refractivity (Wildman–Crippen MR) is 83.3 cm³/mol. The average Bonchev–Trinajstić information content (AvgIpc) is 2.45. The zero-order chi connectivity index (χ0) is 15.1. The van der Waals surface area contributed by atoms with E-state index in [4.69, 9.17) is 5.11 Å². The van der Waals surface area contributed by atoms with Crippen molar-refractivity contribution >= 4 is 17.4 Å². The Morgan fingerprint density at radius 2 is 2.00 bits per heavy atom. The second-order valence-corrected chi connectivity index (χ2v) is 5.08. The highest BCUT2D eigenvalue weighted by atomic mass is 16.3. The van der Waals surface area contributed by atoms with Gasteiger partial charge >= 0.3 is 6.03 Å². The third-order valence-electron chi connectivity index (χ3n) is 3.54. The number of para-hydroxylation sites is 2. The first kappa shape index (κ1) is 16.3. The Morgan fingerprint density at radius 3 is 2.60 bits per heavy atom. The van der Waals surface area contributed by atoms with Crippen LogP contribution in [0, 0.1) is 5.92 Å². The van der Waals surface area contributed by atoms with Gasteiger partial charge in [-0.05, 0) is 31.9 Å². The molecule has 0 bridgehead atoms. The van der Waals surface area contributed by atoms with E-state index >= 15 is 0 Å². The summed E-state index contributed by atoms with van der Waals surface area (Å²) in [5.41, 5.74) is 1.76. The molecule has 2 atom stereocenters. The van der Waals surface area contributed by atoms with Gasteiger partial charge in [-0.15, -0.1) is 0 Å². The quantitative estimate of drug-likeness (QED) is 0.748. The van der Waals surface area contributed by atoms with Gasteiger partial charge in [0.05, 0.1) is 11.4 Å². The first-order valence-electron chi connectivity index (χ1n) is 6.98. The predicted octanol–water partition coefficient (Wildman–Crippen LogP) is 2.28. The number of aliphatic hydroxyl groups excluding tert-OH is 1. The molecule has 0 saturated heterocycles. The lowest BCUT2D eigenvalue weighted by Gasteiger charge is -2.23. The first-order valence-corrected chi connectivity index (χ1v) is 6.98. The van der Waals surface area contributed by atoms with Crippen LogP contribution in [0.2, 0.25) is 0 Å². The molecule has 0 aliphatic carbocycles. The van der Waals surface area contributed by atoms with E-state index in [1.54, 1.807) is 0 Å². The number of amides is 2. The summed E-state index contributed by atoms with van der Waals surface area (Å²) >= 11 is 0. The number of carbonyl (C=O) groups excluding carboxylic acids is 1. The molecule has 0 fully saturated rings. The van der Waals surface area contributed by atoms with Crippen LogP contribution in [0.1, 0.15) is 20.8 Å². The van der Waals surface area contributed by atoms with Crippen LogP contribution in [0.25, 0.3) is 0 Å². The fourth-order valence-electron chi connectivity index (χ4n) is 1.75. The summed E-state index contributed by atoms with van der Waals surface area (Å²) in [6, 6.07) is 7.34. The molecule has 2 amide bonds. The van der Waals surface area contributed by atoms with Crippen molar-refractivity contribution in [1.29, 1.82) is 0 Å². The van der Waals surface area contributed by atoms with Gasteiger partial charge in [0, 0.05) is 26.2 Å². The van der Waals surface area contributed by atoms with Gasteiger partial charge in [0.2, 0.25) is 0 Å². The molecular formula is C15H25N3O2. The highest BCUT2D eigenvalue weighted by Gasteiger charge is 2.15. The Balaban J connectivity index is 2.71.